The van der Waals surface area contributed by atoms with Crippen LogP contribution < -0.4 is 0 Å². The lowest BCUT2D eigenvalue weighted by Crippen LogP contribution is -2.46. The third-order valence-electron chi connectivity index (χ3n) is 6.08. The van der Waals surface area contributed by atoms with Gasteiger partial charge in [-0.15, -0.1) is 0 Å². The molecule has 0 radical (unpaired) electrons. The normalized spacial score (nSPS) is 29.2. The van der Waals surface area contributed by atoms with Crippen molar-refractivity contribution < 1.29 is 4.79 Å². The van der Waals surface area contributed by atoms with Crippen LogP contribution in [0.2, 0.25) is 0 Å². The molecule has 23 heavy (non-hydrogen) atoms. The molecule has 1 aromatic carbocycles. The Kier molecular flexibility index (Phi) is 4.14. The van der Waals surface area contributed by atoms with Gasteiger partial charge in [0, 0.05) is 31.6 Å². The van der Waals surface area contributed by atoms with Crippen LogP contribution in [0.3, 0.4) is 0 Å². The molecule has 3 nitrogen and oxygen atoms in total. The molecule has 2 heterocycles. The predicted molar refractivity (Wildman–Crippen MR) is 92.0 cm³/mol. The number of amides is 1. The van der Waals surface area contributed by atoms with Crippen molar-refractivity contribution in [3.05, 3.63) is 35.9 Å². The Bertz CT molecular complexity index is 554. The summed E-state index contributed by atoms with van der Waals surface area (Å²) < 4.78 is 0. The first-order chi connectivity index (χ1) is 11.3. The zero-order valence-electron chi connectivity index (χ0n) is 14.0. The highest BCUT2D eigenvalue weighted by Gasteiger charge is 2.45. The van der Waals surface area contributed by atoms with Gasteiger partial charge in [0.1, 0.15) is 0 Å². The van der Waals surface area contributed by atoms with Crippen LogP contribution >= 0.6 is 0 Å². The number of carbonyl (C=O) groups excluding carboxylic acids is 1. The summed E-state index contributed by atoms with van der Waals surface area (Å²) in [5.74, 6) is 1.33. The molecular formula is C20H28N2O. The molecule has 1 aliphatic carbocycles. The van der Waals surface area contributed by atoms with Crippen LogP contribution in [0.25, 0.3) is 0 Å². The van der Waals surface area contributed by atoms with E-state index in [-0.39, 0.29) is 5.54 Å². The highest BCUT2D eigenvalue weighted by Crippen LogP contribution is 2.40. The SMILES string of the molecule is O=C1CC[C@]2(CCCN(CC3CC3)CC2)N1Cc1ccccc1. The monoisotopic (exact) mass is 312 g/mol. The molecule has 1 aromatic rings. The summed E-state index contributed by atoms with van der Waals surface area (Å²) in [6, 6.07) is 10.5. The standard InChI is InChI=1S/C20H28N2O/c23-19-9-11-20(22(19)16-17-5-2-1-3-6-17)10-4-13-21(14-12-20)15-18-7-8-18/h1-3,5-6,18H,4,7-16H2/t20-/m0/s1. The topological polar surface area (TPSA) is 23.6 Å². The third kappa shape index (κ3) is 3.30. The zero-order valence-corrected chi connectivity index (χ0v) is 14.0. The molecule has 0 N–H and O–H groups in total. The molecule has 1 spiro atoms. The van der Waals surface area contributed by atoms with Gasteiger partial charge in [0.15, 0.2) is 0 Å². The van der Waals surface area contributed by atoms with E-state index >= 15 is 0 Å². The maximum atomic E-state index is 12.5. The molecule has 2 aliphatic heterocycles. The minimum atomic E-state index is 0.130. The van der Waals surface area contributed by atoms with Crippen molar-refractivity contribution >= 4 is 5.91 Å². The second kappa shape index (κ2) is 6.27. The highest BCUT2D eigenvalue weighted by atomic mass is 16.2. The summed E-state index contributed by atoms with van der Waals surface area (Å²) in [7, 11) is 0. The first kappa shape index (κ1) is 15.2. The lowest BCUT2D eigenvalue weighted by Gasteiger charge is -2.38. The van der Waals surface area contributed by atoms with Crippen molar-refractivity contribution in [2.75, 3.05) is 19.6 Å². The van der Waals surface area contributed by atoms with Crippen molar-refractivity contribution in [2.45, 2.75) is 57.0 Å². The Morgan fingerprint density at radius 2 is 1.87 bits per heavy atom. The molecule has 3 fully saturated rings. The Hall–Kier alpha value is -1.35. The van der Waals surface area contributed by atoms with Crippen LogP contribution in [0.5, 0.6) is 0 Å². The number of likely N-dealkylation sites (tertiary alicyclic amines) is 2. The fourth-order valence-corrected chi connectivity index (χ4v) is 4.50. The van der Waals surface area contributed by atoms with E-state index in [0.29, 0.717) is 5.91 Å². The fraction of sp³-hybridized carbons (Fsp3) is 0.650. The van der Waals surface area contributed by atoms with Gasteiger partial charge in [0.05, 0.1) is 0 Å². The second-order valence-electron chi connectivity index (χ2n) is 7.79. The van der Waals surface area contributed by atoms with Crippen molar-refractivity contribution in [3.63, 3.8) is 0 Å². The van der Waals surface area contributed by atoms with Gasteiger partial charge < -0.3 is 9.80 Å². The Labute approximate surface area is 139 Å². The van der Waals surface area contributed by atoms with Crippen LogP contribution in [0.15, 0.2) is 30.3 Å². The van der Waals surface area contributed by atoms with E-state index in [1.165, 1.54) is 50.9 Å². The van der Waals surface area contributed by atoms with Gasteiger partial charge in [-0.2, -0.15) is 0 Å². The minimum Gasteiger partial charge on any atom is -0.333 e. The van der Waals surface area contributed by atoms with Gasteiger partial charge in [-0.05, 0) is 56.6 Å². The third-order valence-corrected chi connectivity index (χ3v) is 6.08. The van der Waals surface area contributed by atoms with Gasteiger partial charge in [-0.1, -0.05) is 30.3 Å². The zero-order chi connectivity index (χ0) is 15.7. The molecular weight excluding hydrogens is 284 g/mol. The summed E-state index contributed by atoms with van der Waals surface area (Å²) >= 11 is 0. The van der Waals surface area contributed by atoms with E-state index < -0.39 is 0 Å². The van der Waals surface area contributed by atoms with Gasteiger partial charge in [0.2, 0.25) is 5.91 Å². The number of hydrogen-bond donors (Lipinski definition) is 0. The summed E-state index contributed by atoms with van der Waals surface area (Å²) in [5.41, 5.74) is 1.40. The number of rotatable bonds is 4. The average molecular weight is 312 g/mol. The van der Waals surface area contributed by atoms with E-state index in [2.05, 4.69) is 34.1 Å². The maximum absolute atomic E-state index is 12.5. The molecule has 3 heteroatoms. The molecule has 124 valence electrons. The largest absolute Gasteiger partial charge is 0.333 e. The van der Waals surface area contributed by atoms with E-state index in [1.807, 2.05) is 6.07 Å². The summed E-state index contributed by atoms with van der Waals surface area (Å²) in [6.07, 6.45) is 8.27. The Balaban J connectivity index is 1.47. The molecule has 0 bridgehead atoms. The quantitative estimate of drug-likeness (QED) is 0.850. The van der Waals surface area contributed by atoms with E-state index in [0.717, 1.165) is 31.7 Å². The lowest BCUT2D eigenvalue weighted by atomic mass is 9.87. The summed E-state index contributed by atoms with van der Waals surface area (Å²) in [5, 5.41) is 0. The first-order valence-electron chi connectivity index (χ1n) is 9.32. The van der Waals surface area contributed by atoms with Gasteiger partial charge >= 0.3 is 0 Å². The van der Waals surface area contributed by atoms with Crippen molar-refractivity contribution in [3.8, 4) is 0 Å². The molecule has 0 aromatic heterocycles. The van der Waals surface area contributed by atoms with Crippen LogP contribution in [-0.2, 0) is 11.3 Å². The number of nitrogens with zero attached hydrogens (tertiary/aromatic N) is 2. The number of carbonyl (C=O) groups is 1. The molecule has 2 saturated heterocycles. The smallest absolute Gasteiger partial charge is 0.223 e. The van der Waals surface area contributed by atoms with E-state index in [9.17, 15) is 4.79 Å². The van der Waals surface area contributed by atoms with Crippen LogP contribution in [0, 0.1) is 5.92 Å². The van der Waals surface area contributed by atoms with Gasteiger partial charge in [-0.25, -0.2) is 0 Å². The van der Waals surface area contributed by atoms with E-state index in [4.69, 9.17) is 0 Å². The fourth-order valence-electron chi connectivity index (χ4n) is 4.50. The number of hydrogen-bond acceptors (Lipinski definition) is 2. The number of benzene rings is 1. The van der Waals surface area contributed by atoms with Crippen LogP contribution in [-0.4, -0.2) is 40.9 Å². The van der Waals surface area contributed by atoms with Gasteiger partial charge in [0.25, 0.3) is 0 Å². The second-order valence-corrected chi connectivity index (χ2v) is 7.79. The van der Waals surface area contributed by atoms with Crippen molar-refractivity contribution in [2.24, 2.45) is 5.92 Å². The van der Waals surface area contributed by atoms with Crippen LogP contribution in [0.4, 0.5) is 0 Å². The molecule has 4 rings (SSSR count). The van der Waals surface area contributed by atoms with Crippen molar-refractivity contribution in [1.29, 1.82) is 0 Å². The Morgan fingerprint density at radius 1 is 1.04 bits per heavy atom. The molecule has 0 unspecified atom stereocenters. The Morgan fingerprint density at radius 3 is 2.65 bits per heavy atom. The molecule has 1 atom stereocenters. The maximum Gasteiger partial charge on any atom is 0.223 e. The van der Waals surface area contributed by atoms with Gasteiger partial charge in [-0.3, -0.25) is 4.79 Å². The molecule has 1 saturated carbocycles. The minimum absolute atomic E-state index is 0.130. The summed E-state index contributed by atoms with van der Waals surface area (Å²) in [6.45, 7) is 4.49. The van der Waals surface area contributed by atoms with Crippen LogP contribution in [0.1, 0.15) is 50.5 Å². The molecule has 1 amide bonds. The highest BCUT2D eigenvalue weighted by molar-refractivity contribution is 5.79. The first-order valence-corrected chi connectivity index (χ1v) is 9.32. The average Bonchev–Trinajstić information content (AvgIpc) is 3.36. The van der Waals surface area contributed by atoms with Crippen molar-refractivity contribution in [1.82, 2.24) is 9.80 Å². The summed E-state index contributed by atoms with van der Waals surface area (Å²) in [4.78, 5) is 17.4. The predicted octanol–water partition coefficient (Wildman–Crippen LogP) is 3.44. The molecule has 3 aliphatic rings. The van der Waals surface area contributed by atoms with E-state index in [1.54, 1.807) is 0 Å². The lowest BCUT2D eigenvalue weighted by molar-refractivity contribution is -0.132.